The highest BCUT2D eigenvalue weighted by Crippen LogP contribution is 2.33. The normalized spacial score (nSPS) is 11.5. The fourth-order valence-corrected chi connectivity index (χ4v) is 2.40. The molecule has 0 aliphatic rings. The zero-order chi connectivity index (χ0) is 16.5. The van der Waals surface area contributed by atoms with Crippen molar-refractivity contribution < 1.29 is 22.7 Å². The molecule has 118 valence electrons. The van der Waals surface area contributed by atoms with Gasteiger partial charge in [-0.25, -0.2) is 9.47 Å². The van der Waals surface area contributed by atoms with Crippen molar-refractivity contribution in [3.63, 3.8) is 0 Å². The van der Waals surface area contributed by atoms with E-state index in [1.807, 2.05) is 0 Å². The summed E-state index contributed by atoms with van der Waals surface area (Å²) in [6.07, 6.45) is -4.73. The van der Waals surface area contributed by atoms with Crippen molar-refractivity contribution in [2.24, 2.45) is 0 Å². The standard InChI is InChI=1S/C11H10F3N5O2S/c1-21-8(20)6-4-5(15)2-3-7(6)22-10-18-17-9(19(10)16)11(12,13)14/h2-4H,15-16H2,1H3. The van der Waals surface area contributed by atoms with Gasteiger partial charge in [-0.1, -0.05) is 0 Å². The molecular formula is C11H10F3N5O2S. The Labute approximate surface area is 126 Å². The molecule has 2 aromatic rings. The number of alkyl halides is 3. The molecule has 0 radical (unpaired) electrons. The topological polar surface area (TPSA) is 109 Å². The molecule has 11 heteroatoms. The number of methoxy groups -OCH3 is 1. The minimum atomic E-state index is -4.73. The minimum absolute atomic E-state index is 0.0871. The molecule has 2 rings (SSSR count). The van der Waals surface area contributed by atoms with Gasteiger partial charge in [0, 0.05) is 10.6 Å². The van der Waals surface area contributed by atoms with Crippen LogP contribution >= 0.6 is 11.8 Å². The summed E-state index contributed by atoms with van der Waals surface area (Å²) in [6.45, 7) is 0. The second-order valence-electron chi connectivity index (χ2n) is 4.02. The van der Waals surface area contributed by atoms with Gasteiger partial charge in [0.1, 0.15) is 0 Å². The minimum Gasteiger partial charge on any atom is -0.465 e. The first-order valence-electron chi connectivity index (χ1n) is 5.67. The van der Waals surface area contributed by atoms with Gasteiger partial charge in [0.2, 0.25) is 5.16 Å². The summed E-state index contributed by atoms with van der Waals surface area (Å²) in [4.78, 5) is 12.0. The highest BCUT2D eigenvalue weighted by Gasteiger charge is 2.38. The number of aromatic nitrogens is 3. The molecule has 0 bridgehead atoms. The lowest BCUT2D eigenvalue weighted by Crippen LogP contribution is -2.21. The Bertz CT molecular complexity index is 716. The lowest BCUT2D eigenvalue weighted by Gasteiger charge is -2.09. The molecule has 7 nitrogen and oxygen atoms in total. The fraction of sp³-hybridized carbons (Fsp3) is 0.182. The van der Waals surface area contributed by atoms with E-state index in [9.17, 15) is 18.0 Å². The van der Waals surface area contributed by atoms with Crippen LogP contribution in [0.4, 0.5) is 18.9 Å². The number of nitrogens with two attached hydrogens (primary N) is 2. The molecule has 22 heavy (non-hydrogen) atoms. The Balaban J connectivity index is 2.40. The van der Waals surface area contributed by atoms with Crippen molar-refractivity contribution in [2.75, 3.05) is 18.7 Å². The third kappa shape index (κ3) is 3.08. The second-order valence-corrected chi connectivity index (χ2v) is 5.03. The van der Waals surface area contributed by atoms with Gasteiger partial charge in [0.25, 0.3) is 5.82 Å². The molecule has 0 unspecified atom stereocenters. The van der Waals surface area contributed by atoms with Gasteiger partial charge in [-0.3, -0.25) is 0 Å². The molecule has 0 spiro atoms. The van der Waals surface area contributed by atoms with Crippen LogP contribution in [0.5, 0.6) is 0 Å². The van der Waals surface area contributed by atoms with E-state index in [0.717, 1.165) is 11.8 Å². The first-order valence-corrected chi connectivity index (χ1v) is 6.49. The summed E-state index contributed by atoms with van der Waals surface area (Å²) >= 11 is 0.738. The summed E-state index contributed by atoms with van der Waals surface area (Å²) in [6, 6.07) is 4.28. The highest BCUT2D eigenvalue weighted by atomic mass is 32.2. The molecule has 4 N–H and O–H groups in total. The van der Waals surface area contributed by atoms with E-state index in [2.05, 4.69) is 14.9 Å². The largest absolute Gasteiger partial charge is 0.465 e. The van der Waals surface area contributed by atoms with Crippen LogP contribution in [0.2, 0.25) is 0 Å². The predicted molar refractivity (Wildman–Crippen MR) is 71.5 cm³/mol. The molecule has 1 heterocycles. The molecule has 0 amide bonds. The quantitative estimate of drug-likeness (QED) is 0.498. The maximum Gasteiger partial charge on any atom is 0.453 e. The molecular weight excluding hydrogens is 323 g/mol. The van der Waals surface area contributed by atoms with Gasteiger partial charge in [0.05, 0.1) is 12.7 Å². The zero-order valence-electron chi connectivity index (χ0n) is 11.1. The van der Waals surface area contributed by atoms with Crippen LogP contribution in [0, 0.1) is 0 Å². The molecule has 0 aliphatic carbocycles. The maximum absolute atomic E-state index is 12.6. The number of halogens is 3. The van der Waals surface area contributed by atoms with Gasteiger partial charge in [0.15, 0.2) is 0 Å². The zero-order valence-corrected chi connectivity index (χ0v) is 11.9. The molecule has 0 saturated carbocycles. The summed E-state index contributed by atoms with van der Waals surface area (Å²) in [5, 5.41) is 6.14. The van der Waals surface area contributed by atoms with Crippen LogP contribution in [0.25, 0.3) is 0 Å². The molecule has 0 fully saturated rings. The number of hydrogen-bond acceptors (Lipinski definition) is 7. The Kier molecular flexibility index (Phi) is 4.17. The Morgan fingerprint density at radius 1 is 1.36 bits per heavy atom. The third-order valence-corrected chi connectivity index (χ3v) is 3.57. The number of nitrogen functional groups attached to an aromatic ring is 2. The summed E-state index contributed by atoms with van der Waals surface area (Å²) in [5.74, 6) is 3.31. The number of benzene rings is 1. The number of anilines is 1. The van der Waals surface area contributed by atoms with E-state index >= 15 is 0 Å². The van der Waals surface area contributed by atoms with E-state index in [1.54, 1.807) is 0 Å². The van der Waals surface area contributed by atoms with Gasteiger partial charge in [-0.05, 0) is 30.0 Å². The van der Waals surface area contributed by atoms with Crippen LogP contribution < -0.4 is 11.6 Å². The summed E-state index contributed by atoms with van der Waals surface area (Å²) in [7, 11) is 1.17. The highest BCUT2D eigenvalue weighted by molar-refractivity contribution is 7.99. The Morgan fingerprint density at radius 2 is 2.05 bits per heavy atom. The first-order chi connectivity index (χ1) is 10.2. The molecule has 0 aliphatic heterocycles. The van der Waals surface area contributed by atoms with E-state index in [1.165, 1.54) is 25.3 Å². The van der Waals surface area contributed by atoms with Crippen molar-refractivity contribution in [3.8, 4) is 0 Å². The third-order valence-electron chi connectivity index (χ3n) is 2.53. The van der Waals surface area contributed by atoms with Crippen molar-refractivity contribution >= 4 is 23.4 Å². The van der Waals surface area contributed by atoms with Crippen molar-refractivity contribution in [1.29, 1.82) is 0 Å². The van der Waals surface area contributed by atoms with Crippen molar-refractivity contribution in [2.45, 2.75) is 16.2 Å². The van der Waals surface area contributed by atoms with Crippen molar-refractivity contribution in [3.05, 3.63) is 29.6 Å². The van der Waals surface area contributed by atoms with Gasteiger partial charge >= 0.3 is 12.1 Å². The molecule has 1 aromatic heterocycles. The van der Waals surface area contributed by atoms with E-state index in [0.29, 0.717) is 10.4 Å². The van der Waals surface area contributed by atoms with E-state index < -0.39 is 18.0 Å². The predicted octanol–water partition coefficient (Wildman–Crippen LogP) is 1.53. The Morgan fingerprint density at radius 3 is 2.59 bits per heavy atom. The monoisotopic (exact) mass is 333 g/mol. The van der Waals surface area contributed by atoms with Gasteiger partial charge < -0.3 is 16.3 Å². The summed E-state index contributed by atoms with van der Waals surface area (Å²) in [5.41, 5.74) is 5.97. The SMILES string of the molecule is COC(=O)c1cc(N)ccc1Sc1nnc(C(F)(F)F)n1N. The number of carbonyl (C=O) groups excluding carboxylic acids is 1. The number of esters is 1. The van der Waals surface area contributed by atoms with E-state index in [4.69, 9.17) is 11.6 Å². The second kappa shape index (κ2) is 5.75. The number of hydrogen-bond donors (Lipinski definition) is 2. The van der Waals surface area contributed by atoms with Gasteiger partial charge in [-0.2, -0.15) is 13.2 Å². The van der Waals surface area contributed by atoms with Crippen LogP contribution in [-0.4, -0.2) is 28.0 Å². The van der Waals surface area contributed by atoms with Crippen LogP contribution in [-0.2, 0) is 10.9 Å². The smallest absolute Gasteiger partial charge is 0.453 e. The number of ether oxygens (including phenoxy) is 1. The summed E-state index contributed by atoms with van der Waals surface area (Å²) < 4.78 is 42.7. The fourth-order valence-electron chi connectivity index (χ4n) is 1.54. The molecule has 0 saturated heterocycles. The van der Waals surface area contributed by atoms with E-state index in [-0.39, 0.29) is 15.6 Å². The average molecular weight is 333 g/mol. The number of rotatable bonds is 3. The molecule has 1 aromatic carbocycles. The van der Waals surface area contributed by atoms with Crippen LogP contribution in [0.15, 0.2) is 28.3 Å². The van der Waals surface area contributed by atoms with Crippen LogP contribution in [0.1, 0.15) is 16.2 Å². The van der Waals surface area contributed by atoms with Crippen molar-refractivity contribution in [1.82, 2.24) is 14.9 Å². The molecule has 0 atom stereocenters. The number of nitrogens with zero attached hydrogens (tertiary/aromatic N) is 3. The Hall–Kier alpha value is -2.43. The lowest BCUT2D eigenvalue weighted by molar-refractivity contribution is -0.146. The first kappa shape index (κ1) is 15.9. The number of carbonyl (C=O) groups is 1. The lowest BCUT2D eigenvalue weighted by atomic mass is 10.2. The van der Waals surface area contributed by atoms with Gasteiger partial charge in [-0.15, -0.1) is 10.2 Å². The van der Waals surface area contributed by atoms with Crippen LogP contribution in [0.3, 0.4) is 0 Å². The maximum atomic E-state index is 12.6. The average Bonchev–Trinajstić information content (AvgIpc) is 2.81.